The van der Waals surface area contributed by atoms with Crippen LogP contribution in [0.1, 0.15) is 31.7 Å². The third-order valence-electron chi connectivity index (χ3n) is 4.90. The van der Waals surface area contributed by atoms with Crippen LogP contribution in [0, 0.1) is 5.82 Å². The van der Waals surface area contributed by atoms with Crippen molar-refractivity contribution in [2.75, 3.05) is 19.6 Å². The lowest BCUT2D eigenvalue weighted by molar-refractivity contribution is -0.122. The zero-order valence-corrected chi connectivity index (χ0v) is 13.7. The van der Waals surface area contributed by atoms with Crippen LogP contribution in [-0.2, 0) is 4.79 Å². The Balaban J connectivity index is 1.51. The molecule has 1 aromatic rings. The molecular formula is C17H25FN4O. The first-order valence-electron chi connectivity index (χ1n) is 8.31. The van der Waals surface area contributed by atoms with E-state index < -0.39 is 0 Å². The molecule has 2 saturated heterocycles. The van der Waals surface area contributed by atoms with Crippen LogP contribution in [0.15, 0.2) is 24.3 Å². The van der Waals surface area contributed by atoms with Gasteiger partial charge in [-0.15, -0.1) is 0 Å². The number of likely N-dealkylation sites (tertiary alicyclic amines) is 1. The highest BCUT2D eigenvalue weighted by atomic mass is 19.1. The van der Waals surface area contributed by atoms with E-state index in [1.54, 1.807) is 12.1 Å². The van der Waals surface area contributed by atoms with Gasteiger partial charge in [0.1, 0.15) is 5.82 Å². The quantitative estimate of drug-likeness (QED) is 0.774. The Hall–Kier alpha value is -1.50. The first-order chi connectivity index (χ1) is 11.0. The van der Waals surface area contributed by atoms with Gasteiger partial charge in [-0.3, -0.25) is 20.5 Å². The summed E-state index contributed by atoms with van der Waals surface area (Å²) >= 11 is 0. The standard InChI is InChI=1S/C17H25FN4O/c1-11-17(12(2)21-20-11)19-16(23)10-22-7-6-14(9-22)13-4-3-5-15(18)8-13/h3-5,8,11-12,14,17,20-21H,6-7,9-10H2,1-2H3,(H,19,23). The second-order valence-electron chi connectivity index (χ2n) is 6.74. The van der Waals surface area contributed by atoms with Gasteiger partial charge in [0.25, 0.3) is 0 Å². The predicted molar refractivity (Wildman–Crippen MR) is 87.3 cm³/mol. The number of hydrogen-bond donors (Lipinski definition) is 3. The molecule has 126 valence electrons. The maximum atomic E-state index is 13.3. The van der Waals surface area contributed by atoms with Crippen molar-refractivity contribution in [2.45, 2.75) is 44.3 Å². The van der Waals surface area contributed by atoms with Gasteiger partial charge in [-0.1, -0.05) is 12.1 Å². The predicted octanol–water partition coefficient (Wildman–Crippen LogP) is 0.985. The van der Waals surface area contributed by atoms with E-state index in [9.17, 15) is 9.18 Å². The zero-order valence-electron chi connectivity index (χ0n) is 13.7. The minimum atomic E-state index is -0.192. The van der Waals surface area contributed by atoms with Crippen LogP contribution in [0.5, 0.6) is 0 Å². The van der Waals surface area contributed by atoms with Crippen molar-refractivity contribution >= 4 is 5.91 Å². The molecule has 2 aliphatic heterocycles. The van der Waals surface area contributed by atoms with E-state index in [1.807, 2.05) is 6.07 Å². The van der Waals surface area contributed by atoms with E-state index >= 15 is 0 Å². The highest BCUT2D eigenvalue weighted by Crippen LogP contribution is 2.27. The molecule has 0 saturated carbocycles. The van der Waals surface area contributed by atoms with Crippen LogP contribution in [0.4, 0.5) is 4.39 Å². The Labute approximate surface area is 136 Å². The molecule has 3 rings (SSSR count). The van der Waals surface area contributed by atoms with Crippen molar-refractivity contribution in [2.24, 2.45) is 0 Å². The number of nitrogens with one attached hydrogen (secondary N) is 3. The molecule has 0 bridgehead atoms. The molecule has 5 nitrogen and oxygen atoms in total. The Morgan fingerprint density at radius 3 is 2.78 bits per heavy atom. The summed E-state index contributed by atoms with van der Waals surface area (Å²) in [5, 5.41) is 3.10. The van der Waals surface area contributed by atoms with Gasteiger partial charge in [0.15, 0.2) is 0 Å². The molecule has 3 unspecified atom stereocenters. The van der Waals surface area contributed by atoms with E-state index in [0.29, 0.717) is 12.5 Å². The summed E-state index contributed by atoms with van der Waals surface area (Å²) < 4.78 is 13.3. The minimum Gasteiger partial charge on any atom is -0.349 e. The Bertz CT molecular complexity index is 557. The molecule has 0 aromatic heterocycles. The van der Waals surface area contributed by atoms with Crippen LogP contribution in [0.3, 0.4) is 0 Å². The normalized spacial score (nSPS) is 31.4. The highest BCUT2D eigenvalue weighted by molar-refractivity contribution is 5.78. The highest BCUT2D eigenvalue weighted by Gasteiger charge is 2.32. The molecule has 3 atom stereocenters. The van der Waals surface area contributed by atoms with E-state index in [-0.39, 0.29) is 29.8 Å². The maximum Gasteiger partial charge on any atom is 0.234 e. The van der Waals surface area contributed by atoms with E-state index in [2.05, 4.69) is 34.9 Å². The van der Waals surface area contributed by atoms with E-state index in [0.717, 1.165) is 25.1 Å². The summed E-state index contributed by atoms with van der Waals surface area (Å²) in [6.45, 7) is 6.19. The number of amides is 1. The van der Waals surface area contributed by atoms with Gasteiger partial charge in [0, 0.05) is 18.6 Å². The van der Waals surface area contributed by atoms with Crippen LogP contribution in [0.25, 0.3) is 0 Å². The smallest absolute Gasteiger partial charge is 0.234 e. The largest absolute Gasteiger partial charge is 0.349 e. The third-order valence-corrected chi connectivity index (χ3v) is 4.90. The molecule has 0 radical (unpaired) electrons. The number of hydrazine groups is 1. The van der Waals surface area contributed by atoms with Crippen molar-refractivity contribution in [1.29, 1.82) is 0 Å². The summed E-state index contributed by atoms with van der Waals surface area (Å²) in [7, 11) is 0. The third kappa shape index (κ3) is 3.88. The molecular weight excluding hydrogens is 295 g/mol. The van der Waals surface area contributed by atoms with Gasteiger partial charge in [0.05, 0.1) is 12.6 Å². The maximum absolute atomic E-state index is 13.3. The van der Waals surface area contributed by atoms with Gasteiger partial charge < -0.3 is 5.32 Å². The fraction of sp³-hybridized carbons (Fsp3) is 0.588. The topological polar surface area (TPSA) is 56.4 Å². The summed E-state index contributed by atoms with van der Waals surface area (Å²) in [6, 6.07) is 7.33. The van der Waals surface area contributed by atoms with Crippen LogP contribution in [-0.4, -0.2) is 48.6 Å². The molecule has 1 amide bonds. The number of hydrogen-bond acceptors (Lipinski definition) is 4. The molecule has 0 spiro atoms. The first-order valence-corrected chi connectivity index (χ1v) is 8.31. The fourth-order valence-corrected chi connectivity index (χ4v) is 3.57. The summed E-state index contributed by atoms with van der Waals surface area (Å²) in [5.41, 5.74) is 7.30. The Kier molecular flexibility index (Phi) is 4.94. The number of carbonyl (C=O) groups excluding carboxylic acids is 1. The second-order valence-corrected chi connectivity index (χ2v) is 6.74. The fourth-order valence-electron chi connectivity index (χ4n) is 3.57. The first kappa shape index (κ1) is 16.4. The second kappa shape index (κ2) is 6.95. The van der Waals surface area contributed by atoms with Crippen molar-refractivity contribution in [3.05, 3.63) is 35.6 Å². The molecule has 0 aliphatic carbocycles. The van der Waals surface area contributed by atoms with Crippen LogP contribution >= 0.6 is 0 Å². The van der Waals surface area contributed by atoms with Gasteiger partial charge in [0.2, 0.25) is 5.91 Å². The Morgan fingerprint density at radius 1 is 1.35 bits per heavy atom. The number of nitrogens with zero attached hydrogens (tertiary/aromatic N) is 1. The monoisotopic (exact) mass is 320 g/mol. The van der Waals surface area contributed by atoms with Crippen LogP contribution in [0.2, 0.25) is 0 Å². The van der Waals surface area contributed by atoms with Crippen LogP contribution < -0.4 is 16.2 Å². The summed E-state index contributed by atoms with van der Waals surface area (Å²) in [6.07, 6.45) is 0.968. The number of benzene rings is 1. The lowest BCUT2D eigenvalue weighted by atomic mass is 9.98. The van der Waals surface area contributed by atoms with Gasteiger partial charge in [-0.2, -0.15) is 0 Å². The number of halogens is 1. The van der Waals surface area contributed by atoms with Crippen molar-refractivity contribution in [1.82, 2.24) is 21.1 Å². The average molecular weight is 320 g/mol. The van der Waals surface area contributed by atoms with Crippen molar-refractivity contribution in [3.63, 3.8) is 0 Å². The molecule has 6 heteroatoms. The van der Waals surface area contributed by atoms with Crippen molar-refractivity contribution in [3.8, 4) is 0 Å². The van der Waals surface area contributed by atoms with Crippen molar-refractivity contribution < 1.29 is 9.18 Å². The lowest BCUT2D eigenvalue weighted by Gasteiger charge is -2.22. The summed E-state index contributed by atoms with van der Waals surface area (Å²) in [4.78, 5) is 14.4. The van der Waals surface area contributed by atoms with E-state index in [1.165, 1.54) is 6.07 Å². The summed E-state index contributed by atoms with van der Waals surface area (Å²) in [5.74, 6) is 0.174. The van der Waals surface area contributed by atoms with E-state index in [4.69, 9.17) is 0 Å². The molecule has 2 fully saturated rings. The SMILES string of the molecule is CC1NNC(C)C1NC(=O)CN1CCC(c2cccc(F)c2)C1. The molecule has 2 heterocycles. The molecule has 2 aliphatic rings. The average Bonchev–Trinajstić information content (AvgIpc) is 3.09. The minimum absolute atomic E-state index is 0.0547. The van der Waals surface area contributed by atoms with Gasteiger partial charge >= 0.3 is 0 Å². The molecule has 23 heavy (non-hydrogen) atoms. The number of rotatable bonds is 4. The zero-order chi connectivity index (χ0) is 16.4. The van der Waals surface area contributed by atoms with Gasteiger partial charge in [-0.25, -0.2) is 4.39 Å². The Morgan fingerprint density at radius 2 is 2.09 bits per heavy atom. The lowest BCUT2D eigenvalue weighted by Crippen LogP contribution is -2.49. The molecule has 1 aromatic carbocycles. The number of carbonyl (C=O) groups is 1. The van der Waals surface area contributed by atoms with Gasteiger partial charge in [-0.05, 0) is 50.4 Å². The molecule has 3 N–H and O–H groups in total.